The van der Waals surface area contributed by atoms with Crippen LogP contribution >= 0.6 is 23.1 Å². The number of hydrogen-bond donors (Lipinski definition) is 4. The number of carboxylic acids is 1. The second kappa shape index (κ2) is 15.0. The van der Waals surface area contributed by atoms with Crippen molar-refractivity contribution in [2.75, 3.05) is 10.6 Å². The minimum absolute atomic E-state index is 0.0791. The fourth-order valence-corrected chi connectivity index (χ4v) is 6.08. The van der Waals surface area contributed by atoms with E-state index >= 15 is 0 Å². The lowest BCUT2D eigenvalue weighted by Gasteiger charge is -2.18. The van der Waals surface area contributed by atoms with Gasteiger partial charge in [0.1, 0.15) is 10.9 Å². The second-order valence-electron chi connectivity index (χ2n) is 10.1. The molecule has 0 bridgehead atoms. The van der Waals surface area contributed by atoms with Gasteiger partial charge in [-0.1, -0.05) is 60.7 Å². The summed E-state index contributed by atoms with van der Waals surface area (Å²) < 4.78 is 0. The highest BCUT2D eigenvalue weighted by Crippen LogP contribution is 2.37. The molecule has 4 aromatic carbocycles. The topological polar surface area (TPSA) is 125 Å². The van der Waals surface area contributed by atoms with Crippen molar-refractivity contribution >= 4 is 64.2 Å². The Kier molecular flexibility index (Phi) is 10.4. The summed E-state index contributed by atoms with van der Waals surface area (Å²) in [5, 5.41) is 19.1. The fraction of sp³-hybridized carbons (Fsp3) is 0.0556. The van der Waals surface area contributed by atoms with Gasteiger partial charge >= 0.3 is 5.97 Å². The number of aryl methyl sites for hydroxylation is 1. The first-order chi connectivity index (χ1) is 22.3. The van der Waals surface area contributed by atoms with Crippen LogP contribution in [0.2, 0.25) is 0 Å². The Balaban J connectivity index is 1.32. The highest BCUT2D eigenvalue weighted by molar-refractivity contribution is 8.00. The van der Waals surface area contributed by atoms with E-state index in [9.17, 15) is 24.3 Å². The number of carbonyl (C=O) groups excluding carboxylic acids is 3. The molecule has 0 saturated carbocycles. The third-order valence-corrected chi connectivity index (χ3v) is 8.89. The quantitative estimate of drug-likeness (QED) is 0.0863. The van der Waals surface area contributed by atoms with E-state index in [4.69, 9.17) is 0 Å². The number of aromatic carboxylic acids is 1. The summed E-state index contributed by atoms with van der Waals surface area (Å²) in [7, 11) is 0. The molecular formula is C36H29N3O5S2. The number of carbonyl (C=O) groups is 4. The molecule has 5 rings (SSSR count). The standard InChI is InChI=1S/C36H29N3O5S2/c1-23-14-15-26(36(43)44)21-30(23)38-35(42)32(24-9-4-2-5-10-24)46-28-18-16-27(17-19-28)37-34(41)31(22-29-13-8-20-45-29)39-33(40)25-11-6-3-7-12-25/h2-22,32H,1H3,(H,37,41)(H,38,42)(H,39,40)(H,43,44)/b31-22-. The highest BCUT2D eigenvalue weighted by Gasteiger charge is 2.23. The van der Waals surface area contributed by atoms with Gasteiger partial charge in [0.2, 0.25) is 5.91 Å². The molecule has 10 heteroatoms. The molecule has 0 fully saturated rings. The van der Waals surface area contributed by atoms with E-state index in [0.717, 1.165) is 20.9 Å². The van der Waals surface area contributed by atoms with E-state index in [2.05, 4.69) is 16.0 Å². The summed E-state index contributed by atoms with van der Waals surface area (Å²) in [5.74, 6) is -2.28. The maximum Gasteiger partial charge on any atom is 0.335 e. The summed E-state index contributed by atoms with van der Waals surface area (Å²) in [6.07, 6.45) is 1.63. The molecular weight excluding hydrogens is 619 g/mol. The monoisotopic (exact) mass is 647 g/mol. The molecule has 8 nitrogen and oxygen atoms in total. The van der Waals surface area contributed by atoms with Gasteiger partial charge in [-0.3, -0.25) is 14.4 Å². The molecule has 0 saturated heterocycles. The van der Waals surface area contributed by atoms with Crippen LogP contribution in [0.25, 0.3) is 6.08 Å². The number of rotatable bonds is 11. The van der Waals surface area contributed by atoms with Crippen LogP contribution in [0.15, 0.2) is 131 Å². The molecule has 5 aromatic rings. The van der Waals surface area contributed by atoms with E-state index < -0.39 is 23.0 Å². The number of carboxylic acid groups (broad SMARTS) is 1. The molecule has 0 aliphatic carbocycles. The van der Waals surface area contributed by atoms with Gasteiger partial charge in [-0.05, 0) is 84.1 Å². The van der Waals surface area contributed by atoms with Crippen molar-refractivity contribution in [1.29, 1.82) is 0 Å². The number of amides is 3. The lowest BCUT2D eigenvalue weighted by atomic mass is 10.1. The van der Waals surface area contributed by atoms with Crippen LogP contribution in [0.4, 0.5) is 11.4 Å². The van der Waals surface area contributed by atoms with Crippen molar-refractivity contribution in [2.24, 2.45) is 0 Å². The zero-order valence-corrected chi connectivity index (χ0v) is 26.2. The predicted octanol–water partition coefficient (Wildman–Crippen LogP) is 7.64. The van der Waals surface area contributed by atoms with Gasteiger partial charge in [0, 0.05) is 26.7 Å². The maximum absolute atomic E-state index is 13.6. The third-order valence-electron chi connectivity index (χ3n) is 6.81. The minimum atomic E-state index is -1.08. The molecule has 0 spiro atoms. The summed E-state index contributed by atoms with van der Waals surface area (Å²) in [6, 6.07) is 33.3. The van der Waals surface area contributed by atoms with Gasteiger partial charge in [-0.15, -0.1) is 23.1 Å². The van der Waals surface area contributed by atoms with Crippen molar-refractivity contribution < 1.29 is 24.3 Å². The summed E-state index contributed by atoms with van der Waals surface area (Å²) in [6.45, 7) is 1.80. The lowest BCUT2D eigenvalue weighted by Crippen LogP contribution is -2.30. The van der Waals surface area contributed by atoms with Crippen LogP contribution in [0, 0.1) is 6.92 Å². The lowest BCUT2D eigenvalue weighted by molar-refractivity contribution is -0.116. The normalized spacial score (nSPS) is 11.7. The van der Waals surface area contributed by atoms with Crippen molar-refractivity contribution in [3.8, 4) is 0 Å². The first-order valence-corrected chi connectivity index (χ1v) is 15.9. The van der Waals surface area contributed by atoms with Crippen molar-refractivity contribution in [2.45, 2.75) is 17.1 Å². The van der Waals surface area contributed by atoms with Crippen LogP contribution in [0.1, 0.15) is 42.0 Å². The van der Waals surface area contributed by atoms with Gasteiger partial charge in [0.25, 0.3) is 11.8 Å². The zero-order valence-electron chi connectivity index (χ0n) is 24.6. The van der Waals surface area contributed by atoms with Crippen molar-refractivity contribution in [3.05, 3.63) is 153 Å². The van der Waals surface area contributed by atoms with Crippen LogP contribution < -0.4 is 16.0 Å². The molecule has 0 radical (unpaired) electrons. The Morgan fingerprint density at radius 2 is 1.48 bits per heavy atom. The van der Waals surface area contributed by atoms with Crippen LogP contribution in [0.5, 0.6) is 0 Å². The van der Waals surface area contributed by atoms with Crippen LogP contribution in [-0.4, -0.2) is 28.8 Å². The maximum atomic E-state index is 13.6. The largest absolute Gasteiger partial charge is 0.478 e. The minimum Gasteiger partial charge on any atom is -0.478 e. The average molecular weight is 648 g/mol. The number of thiophene rings is 1. The molecule has 0 aliphatic rings. The molecule has 230 valence electrons. The zero-order chi connectivity index (χ0) is 32.5. The number of thioether (sulfide) groups is 1. The van der Waals surface area contributed by atoms with Gasteiger partial charge in [-0.25, -0.2) is 4.79 Å². The SMILES string of the molecule is Cc1ccc(C(=O)O)cc1NC(=O)C(Sc1ccc(NC(=O)/C(=C/c2cccs2)NC(=O)c2ccccc2)cc1)c1ccccc1. The Bertz CT molecular complexity index is 1870. The molecule has 1 unspecified atom stereocenters. The smallest absolute Gasteiger partial charge is 0.335 e. The molecule has 0 aliphatic heterocycles. The molecule has 3 amide bonds. The number of anilines is 2. The van der Waals surface area contributed by atoms with E-state index in [1.165, 1.54) is 35.2 Å². The van der Waals surface area contributed by atoms with E-state index in [-0.39, 0.29) is 17.2 Å². The van der Waals surface area contributed by atoms with Gasteiger partial charge in [0.15, 0.2) is 0 Å². The van der Waals surface area contributed by atoms with Gasteiger partial charge in [0.05, 0.1) is 5.56 Å². The predicted molar refractivity (Wildman–Crippen MR) is 183 cm³/mol. The Morgan fingerprint density at radius 3 is 2.13 bits per heavy atom. The summed E-state index contributed by atoms with van der Waals surface area (Å²) >= 11 is 2.76. The van der Waals surface area contributed by atoms with E-state index in [1.54, 1.807) is 67.6 Å². The van der Waals surface area contributed by atoms with Crippen LogP contribution in [0.3, 0.4) is 0 Å². The Hall–Kier alpha value is -5.45. The number of benzene rings is 4. The fourth-order valence-electron chi connectivity index (χ4n) is 4.40. The molecule has 1 heterocycles. The first-order valence-electron chi connectivity index (χ1n) is 14.2. The third kappa shape index (κ3) is 8.38. The van der Waals surface area contributed by atoms with Gasteiger partial charge in [-0.2, -0.15) is 0 Å². The Labute approximate surface area is 274 Å². The summed E-state index contributed by atoms with van der Waals surface area (Å²) in [4.78, 5) is 52.8. The summed E-state index contributed by atoms with van der Waals surface area (Å²) in [5.41, 5.74) is 3.04. The highest BCUT2D eigenvalue weighted by atomic mass is 32.2. The number of nitrogens with one attached hydrogen (secondary N) is 3. The second-order valence-corrected chi connectivity index (χ2v) is 12.3. The van der Waals surface area contributed by atoms with E-state index in [1.807, 2.05) is 53.9 Å². The number of hydrogen-bond acceptors (Lipinski definition) is 6. The van der Waals surface area contributed by atoms with Gasteiger partial charge < -0.3 is 21.1 Å². The molecule has 1 atom stereocenters. The molecule has 1 aromatic heterocycles. The first kappa shape index (κ1) is 32.0. The van der Waals surface area contributed by atoms with E-state index in [0.29, 0.717) is 16.9 Å². The van der Waals surface area contributed by atoms with Crippen molar-refractivity contribution in [3.63, 3.8) is 0 Å². The van der Waals surface area contributed by atoms with Crippen molar-refractivity contribution in [1.82, 2.24) is 5.32 Å². The Morgan fingerprint density at radius 1 is 0.783 bits per heavy atom. The van der Waals surface area contributed by atoms with Crippen LogP contribution in [-0.2, 0) is 9.59 Å². The average Bonchev–Trinajstić information content (AvgIpc) is 3.59. The molecule has 4 N–H and O–H groups in total. The molecule has 46 heavy (non-hydrogen) atoms.